The molecule has 0 bridgehead atoms. The molecule has 19 heavy (non-hydrogen) atoms. The summed E-state index contributed by atoms with van der Waals surface area (Å²) in [5, 5.41) is 0. The predicted octanol–water partition coefficient (Wildman–Crippen LogP) is -2.27. The van der Waals surface area contributed by atoms with Gasteiger partial charge >= 0.3 is 61.8 Å². The van der Waals surface area contributed by atoms with E-state index in [0.717, 1.165) is 0 Å². The second kappa shape index (κ2) is 36.6. The first-order chi connectivity index (χ1) is 6.93. The van der Waals surface area contributed by atoms with E-state index in [1.54, 1.807) is 0 Å². The molecule has 0 aliphatic carbocycles. The molecule has 0 atom stereocenters. The van der Waals surface area contributed by atoms with Gasteiger partial charge in [-0.05, 0) is 0 Å². The van der Waals surface area contributed by atoms with E-state index in [-0.39, 0.29) is 61.8 Å². The van der Waals surface area contributed by atoms with Gasteiger partial charge in [0.25, 0.3) is 0 Å². The van der Waals surface area contributed by atoms with Gasteiger partial charge in [-0.25, -0.2) is 0 Å². The van der Waals surface area contributed by atoms with Crippen molar-refractivity contribution in [1.82, 2.24) is 0 Å². The summed E-state index contributed by atoms with van der Waals surface area (Å²) in [7, 11) is -13.5. The molecular weight excluding hydrogens is 595 g/mol. The molecule has 0 fully saturated rings. The molecule has 0 unspecified atom stereocenters. The molecule has 0 aliphatic heterocycles. The molecule has 0 heterocycles. The van der Waals surface area contributed by atoms with Crippen LogP contribution in [0.25, 0.3) is 0 Å². The summed E-state index contributed by atoms with van der Waals surface area (Å²) in [5.41, 5.74) is 0. The van der Waals surface area contributed by atoms with Gasteiger partial charge in [0.05, 0.1) is 0 Å². The molecule has 125 valence electrons. The van der Waals surface area contributed by atoms with Crippen LogP contribution in [0.3, 0.4) is 0 Å². The standard InChI is InChI=1S/2Ag.Cu.4HO3P/c;;;4*1-4(2)3/h;;;4*(H,1,2,3)/q2*+1;+2;;;;/p-4. The maximum absolute atomic E-state index is 8.48. The monoisotopic (exact) mass is 593 g/mol. The van der Waals surface area contributed by atoms with E-state index in [4.69, 9.17) is 56.1 Å². The minimum Gasteiger partial charge on any atom is -0.744 e. The third kappa shape index (κ3) is 2850. The Labute approximate surface area is 148 Å². The molecule has 0 aromatic rings. The van der Waals surface area contributed by atoms with Gasteiger partial charge in [-0.1, -0.05) is 0 Å². The fraction of sp³-hybridized carbons (Fsp3) is 0. The summed E-state index contributed by atoms with van der Waals surface area (Å²) in [5.74, 6) is 0. The van der Waals surface area contributed by atoms with Gasteiger partial charge in [-0.2, -0.15) is 0 Å². The summed E-state index contributed by atoms with van der Waals surface area (Å²) in [6.45, 7) is 0. The van der Waals surface area contributed by atoms with Crippen LogP contribution in [0.2, 0.25) is 0 Å². The summed E-state index contributed by atoms with van der Waals surface area (Å²) < 4.78 is 67.9. The van der Waals surface area contributed by atoms with E-state index >= 15 is 0 Å². The molecule has 0 rings (SSSR count). The Kier molecular flexibility index (Phi) is 82.4. The van der Waals surface area contributed by atoms with Crippen molar-refractivity contribution in [3.63, 3.8) is 0 Å². The van der Waals surface area contributed by atoms with Gasteiger partial charge in [-0.3, -0.25) is 36.5 Å². The van der Waals surface area contributed by atoms with Crippen molar-refractivity contribution in [3.05, 3.63) is 0 Å². The average Bonchev–Trinajstić information content (AvgIpc) is 1.76. The van der Waals surface area contributed by atoms with Crippen molar-refractivity contribution in [2.75, 3.05) is 0 Å². The van der Waals surface area contributed by atoms with Crippen LogP contribution in [0.1, 0.15) is 0 Å². The van der Waals surface area contributed by atoms with Crippen molar-refractivity contribution >= 4 is 31.6 Å². The van der Waals surface area contributed by atoms with E-state index in [2.05, 4.69) is 0 Å². The summed E-state index contributed by atoms with van der Waals surface area (Å²) in [6, 6.07) is 0. The molecule has 0 aromatic heterocycles. The predicted molar refractivity (Wildman–Crippen MR) is 33.2 cm³/mol. The first-order valence-electron chi connectivity index (χ1n) is 2.19. The zero-order valence-electron chi connectivity index (χ0n) is 7.59. The fourth-order valence-corrected chi connectivity index (χ4v) is 0. The molecule has 0 spiro atoms. The van der Waals surface area contributed by atoms with E-state index in [1.807, 2.05) is 0 Å². The molecule has 1 radical (unpaired) electrons. The largest absolute Gasteiger partial charge is 2.00 e. The second-order valence-electron chi connectivity index (χ2n) is 0.894. The zero-order valence-corrected chi connectivity index (χ0v) is 15.1. The maximum Gasteiger partial charge on any atom is 2.00 e. The quantitative estimate of drug-likeness (QED) is 0.213. The number of hydrogen-bond donors (Lipinski definition) is 0. The Balaban J connectivity index is -0.0000000192. The van der Waals surface area contributed by atoms with Gasteiger partial charge < -0.3 is 19.6 Å². The van der Waals surface area contributed by atoms with Crippen LogP contribution in [-0.2, 0) is 98.3 Å². The second-order valence-corrected chi connectivity index (χ2v) is 2.68. The summed E-state index contributed by atoms with van der Waals surface area (Å²) in [4.78, 5) is 33.9. The Morgan fingerprint density at radius 1 is 0.421 bits per heavy atom. The minimum absolute atomic E-state index is 0. The van der Waals surface area contributed by atoms with Gasteiger partial charge in [0.15, 0.2) is 0 Å². The van der Waals surface area contributed by atoms with Crippen LogP contribution in [-0.4, -0.2) is 0 Å². The van der Waals surface area contributed by atoms with E-state index in [0.29, 0.717) is 0 Å². The minimum atomic E-state index is -3.37. The topological polar surface area (TPSA) is 229 Å². The Morgan fingerprint density at radius 3 is 0.421 bits per heavy atom. The third-order valence-corrected chi connectivity index (χ3v) is 0. The summed E-state index contributed by atoms with van der Waals surface area (Å²) in [6.07, 6.45) is 0. The SMILES string of the molecule is O=P(=O)[O-].O=P(=O)[O-].O=P(=O)[O-].O=P(=O)[O-].[Ag+].[Ag+].[Cu+2]. The molecule has 0 aliphatic rings. The molecule has 19 heteroatoms. The Morgan fingerprint density at radius 2 is 0.421 bits per heavy atom. The van der Waals surface area contributed by atoms with Gasteiger partial charge in [0, 0.05) is 0 Å². The first kappa shape index (κ1) is 42.8. The maximum atomic E-state index is 8.48. The molecule has 0 saturated carbocycles. The van der Waals surface area contributed by atoms with Crippen LogP contribution >= 0.6 is 31.6 Å². The van der Waals surface area contributed by atoms with Crippen molar-refractivity contribution in [3.8, 4) is 0 Å². The van der Waals surface area contributed by atoms with Crippen LogP contribution in [0.15, 0.2) is 0 Å². The molecule has 0 N–H and O–H groups in total. The smallest absolute Gasteiger partial charge is 0.744 e. The van der Waals surface area contributed by atoms with Crippen LogP contribution < -0.4 is 19.6 Å². The third-order valence-electron chi connectivity index (χ3n) is 0. The Hall–Kier alpha value is 1.44. The molecule has 0 saturated heterocycles. The van der Waals surface area contributed by atoms with Gasteiger partial charge in [0.1, 0.15) is 0 Å². The van der Waals surface area contributed by atoms with Gasteiger partial charge in [0.2, 0.25) is 31.6 Å². The Bertz CT molecular complexity index is 301. The molecule has 0 amide bonds. The first-order valence-corrected chi connectivity index (χ1v) is 6.57. The van der Waals surface area contributed by atoms with Crippen molar-refractivity contribution in [2.24, 2.45) is 0 Å². The van der Waals surface area contributed by atoms with E-state index in [1.165, 1.54) is 0 Å². The fourth-order valence-electron chi connectivity index (χ4n) is 0. The van der Waals surface area contributed by atoms with Crippen LogP contribution in [0, 0.1) is 0 Å². The molecule has 12 nitrogen and oxygen atoms in total. The van der Waals surface area contributed by atoms with Crippen molar-refractivity contribution < 1.29 is 118 Å². The van der Waals surface area contributed by atoms with Crippen LogP contribution in [0.4, 0.5) is 0 Å². The van der Waals surface area contributed by atoms with Crippen LogP contribution in [0.5, 0.6) is 0 Å². The van der Waals surface area contributed by atoms with E-state index in [9.17, 15) is 0 Å². The normalized spacial score (nSPS) is 5.26. The molecule has 0 aromatic carbocycles. The van der Waals surface area contributed by atoms with Gasteiger partial charge in [-0.15, -0.1) is 0 Å². The average molecular weight is 595 g/mol. The zero-order chi connectivity index (χ0) is 14.3. The van der Waals surface area contributed by atoms with Crippen molar-refractivity contribution in [2.45, 2.75) is 0 Å². The number of hydrogen-bond acceptors (Lipinski definition) is 12. The van der Waals surface area contributed by atoms with Crippen molar-refractivity contribution in [1.29, 1.82) is 0 Å². The summed E-state index contributed by atoms with van der Waals surface area (Å²) >= 11 is 0. The number of rotatable bonds is 0. The van der Waals surface area contributed by atoms with E-state index < -0.39 is 31.6 Å². The molecular formula is Ag2CuO12P4.